The van der Waals surface area contributed by atoms with Gasteiger partial charge in [-0.15, -0.1) is 0 Å². The van der Waals surface area contributed by atoms with Crippen LogP contribution in [0.5, 0.6) is 0 Å². The molecule has 0 bridgehead atoms. The molecule has 1 fully saturated rings. The molecule has 292 valence electrons. The summed E-state index contributed by atoms with van der Waals surface area (Å²) >= 11 is 0. The van der Waals surface area contributed by atoms with Gasteiger partial charge in [0.1, 0.15) is 7.14 Å². The number of hydrogen-bond acceptors (Lipinski definition) is 4. The molecule has 5 heteroatoms. The highest BCUT2D eigenvalue weighted by Gasteiger charge is 2.36. The summed E-state index contributed by atoms with van der Waals surface area (Å²) < 4.78 is 12.9. The predicted octanol–water partition coefficient (Wildman–Crippen LogP) is 14.0. The minimum absolute atomic E-state index is 0.0858. The van der Waals surface area contributed by atoms with E-state index < -0.39 is 7.14 Å². The lowest BCUT2D eigenvalue weighted by atomic mass is 9.65. The van der Waals surface area contributed by atoms with Gasteiger partial charge >= 0.3 is 0 Å². The lowest BCUT2D eigenvalue weighted by Gasteiger charge is -2.39. The van der Waals surface area contributed by atoms with Crippen LogP contribution in [-0.4, -0.2) is 28.3 Å². The van der Waals surface area contributed by atoms with Crippen molar-refractivity contribution in [1.82, 2.24) is 15.0 Å². The molecular formula is C55H46N3OP. The predicted molar refractivity (Wildman–Crippen MR) is 251 cm³/mol. The molecule has 0 aliphatic heterocycles. The van der Waals surface area contributed by atoms with Crippen molar-refractivity contribution in [1.29, 1.82) is 0 Å². The summed E-state index contributed by atoms with van der Waals surface area (Å²) in [6.07, 6.45) is 5.84. The second-order valence-electron chi connectivity index (χ2n) is 16.6. The lowest BCUT2D eigenvalue weighted by molar-refractivity contribution is 0.346. The van der Waals surface area contributed by atoms with Gasteiger partial charge in [-0.1, -0.05) is 195 Å². The van der Waals surface area contributed by atoms with Gasteiger partial charge in [0.2, 0.25) is 0 Å². The van der Waals surface area contributed by atoms with Crippen LogP contribution in [0.3, 0.4) is 0 Å². The van der Waals surface area contributed by atoms with Crippen LogP contribution in [0.2, 0.25) is 0 Å². The van der Waals surface area contributed by atoms with Crippen molar-refractivity contribution < 1.29 is 4.57 Å². The molecule has 8 aromatic carbocycles. The molecule has 0 N–H and O–H groups in total. The first-order valence-electron chi connectivity index (χ1n) is 21.0. The molecule has 0 unspecified atom stereocenters. The third-order valence-electron chi connectivity index (χ3n) is 12.5. The average Bonchev–Trinajstić information content (AvgIpc) is 3.31. The monoisotopic (exact) mass is 795 g/mol. The molecule has 0 saturated heterocycles. The van der Waals surface area contributed by atoms with Gasteiger partial charge in [-0.3, -0.25) is 0 Å². The Balaban J connectivity index is 1.09. The van der Waals surface area contributed by atoms with E-state index in [4.69, 9.17) is 15.0 Å². The zero-order chi connectivity index (χ0) is 40.7. The van der Waals surface area contributed by atoms with Crippen LogP contribution in [0.15, 0.2) is 182 Å². The second kappa shape index (κ2) is 15.6. The fraction of sp³-hybridized carbons (Fsp3) is 0.145. The standard InChI is InChI=1S/C55H46N3OP/c1-60(2,59)45-22-16-21-42(37-45)38-27-31-43(32-28-38)55(35-14-5-15-36-55)44-33-29-41(30-34-44)53-56-52(40-19-8-4-9-20-40)57-54(58-53)51-48-25-12-10-23-46(48)50(39-17-6-3-7-18-39)47-24-11-13-26-49(47)51/h3-4,6-13,16-34,37H,5,14-15,35-36H2,1-2H3. The van der Waals surface area contributed by atoms with E-state index in [1.807, 2.05) is 43.7 Å². The number of hydrogen-bond donors (Lipinski definition) is 0. The summed E-state index contributed by atoms with van der Waals surface area (Å²) in [4.78, 5) is 15.8. The van der Waals surface area contributed by atoms with E-state index in [9.17, 15) is 4.57 Å². The summed E-state index contributed by atoms with van der Waals surface area (Å²) in [6, 6.07) is 64.6. The Hall–Kier alpha value is -6.48. The Morgan fingerprint density at radius 3 is 1.37 bits per heavy atom. The Kier molecular flexibility index (Phi) is 9.82. The first-order valence-corrected chi connectivity index (χ1v) is 23.6. The Morgan fingerprint density at radius 2 is 0.833 bits per heavy atom. The number of aromatic nitrogens is 3. The average molecular weight is 796 g/mol. The summed E-state index contributed by atoms with van der Waals surface area (Å²) in [7, 11) is -2.36. The molecule has 0 radical (unpaired) electrons. The Labute approximate surface area is 352 Å². The van der Waals surface area contributed by atoms with Gasteiger partial charge < -0.3 is 4.57 Å². The van der Waals surface area contributed by atoms with Crippen molar-refractivity contribution in [2.75, 3.05) is 13.3 Å². The van der Waals surface area contributed by atoms with E-state index >= 15 is 0 Å². The highest BCUT2D eigenvalue weighted by molar-refractivity contribution is 7.70. The Morgan fingerprint density at radius 1 is 0.400 bits per heavy atom. The number of fused-ring (bicyclic) bond motifs is 2. The fourth-order valence-electron chi connectivity index (χ4n) is 9.46. The van der Waals surface area contributed by atoms with E-state index in [1.165, 1.54) is 41.5 Å². The Bertz CT molecular complexity index is 2980. The van der Waals surface area contributed by atoms with Crippen LogP contribution in [0.4, 0.5) is 0 Å². The van der Waals surface area contributed by atoms with Gasteiger partial charge in [-0.2, -0.15) is 0 Å². The first kappa shape index (κ1) is 37.8. The number of rotatable bonds is 8. The maximum atomic E-state index is 12.9. The molecule has 1 aliphatic carbocycles. The highest BCUT2D eigenvalue weighted by atomic mass is 31.2. The zero-order valence-corrected chi connectivity index (χ0v) is 34.9. The minimum atomic E-state index is -2.36. The fourth-order valence-corrected chi connectivity index (χ4v) is 10.4. The maximum absolute atomic E-state index is 12.9. The molecule has 4 nitrogen and oxygen atoms in total. The SMILES string of the molecule is CP(C)(=O)c1cccc(-c2ccc(C3(c4ccc(-c5nc(-c6ccccc6)nc(-c6c7ccccc7c(-c7ccccc7)c7ccccc67)n5)cc4)CCCCC3)cc2)c1. The quantitative estimate of drug-likeness (QED) is 0.114. The van der Waals surface area contributed by atoms with E-state index in [-0.39, 0.29) is 5.41 Å². The van der Waals surface area contributed by atoms with Crippen molar-refractivity contribution in [3.8, 4) is 56.4 Å². The van der Waals surface area contributed by atoms with E-state index in [0.29, 0.717) is 17.5 Å². The van der Waals surface area contributed by atoms with Crippen LogP contribution in [0, 0.1) is 0 Å². The van der Waals surface area contributed by atoms with Crippen LogP contribution in [-0.2, 0) is 9.98 Å². The van der Waals surface area contributed by atoms with Crippen LogP contribution in [0.25, 0.3) is 78.0 Å². The topological polar surface area (TPSA) is 55.7 Å². The maximum Gasteiger partial charge on any atom is 0.165 e. The van der Waals surface area contributed by atoms with Gasteiger partial charge in [-0.05, 0) is 87.2 Å². The summed E-state index contributed by atoms with van der Waals surface area (Å²) in [5.41, 5.74) is 10.1. The third kappa shape index (κ3) is 6.95. The first-order chi connectivity index (χ1) is 29.4. The van der Waals surface area contributed by atoms with E-state index in [2.05, 4.69) is 152 Å². The highest BCUT2D eigenvalue weighted by Crippen LogP contribution is 2.47. The van der Waals surface area contributed by atoms with E-state index in [1.54, 1.807) is 0 Å². The molecule has 0 amide bonds. The van der Waals surface area contributed by atoms with Crippen LogP contribution < -0.4 is 5.30 Å². The van der Waals surface area contributed by atoms with Gasteiger partial charge in [0, 0.05) is 27.4 Å². The molecule has 60 heavy (non-hydrogen) atoms. The lowest BCUT2D eigenvalue weighted by Crippen LogP contribution is -2.30. The third-order valence-corrected chi connectivity index (χ3v) is 14.0. The van der Waals surface area contributed by atoms with Gasteiger partial charge in [0.25, 0.3) is 0 Å². The molecule has 1 aliphatic rings. The number of benzene rings is 8. The molecule has 1 heterocycles. The summed E-state index contributed by atoms with van der Waals surface area (Å²) in [6.45, 7) is 3.67. The normalized spacial score (nSPS) is 14.0. The van der Waals surface area contributed by atoms with Gasteiger partial charge in [-0.25, -0.2) is 15.0 Å². The largest absolute Gasteiger partial charge is 0.319 e. The molecule has 0 spiro atoms. The number of nitrogens with zero attached hydrogens (tertiary/aromatic N) is 3. The molecular weight excluding hydrogens is 750 g/mol. The summed E-state index contributed by atoms with van der Waals surface area (Å²) in [5, 5.41) is 5.45. The van der Waals surface area contributed by atoms with E-state index in [0.717, 1.165) is 67.5 Å². The molecule has 0 atom stereocenters. The van der Waals surface area contributed by atoms with Crippen molar-refractivity contribution in [3.63, 3.8) is 0 Å². The van der Waals surface area contributed by atoms with Crippen molar-refractivity contribution >= 4 is 34.0 Å². The van der Waals surface area contributed by atoms with Crippen molar-refractivity contribution in [2.45, 2.75) is 37.5 Å². The van der Waals surface area contributed by atoms with Crippen molar-refractivity contribution in [3.05, 3.63) is 193 Å². The van der Waals surface area contributed by atoms with Crippen molar-refractivity contribution in [2.24, 2.45) is 0 Å². The van der Waals surface area contributed by atoms with Crippen LogP contribution in [0.1, 0.15) is 43.2 Å². The minimum Gasteiger partial charge on any atom is -0.319 e. The van der Waals surface area contributed by atoms with Gasteiger partial charge in [0.05, 0.1) is 0 Å². The molecule has 1 aromatic heterocycles. The summed E-state index contributed by atoms with van der Waals surface area (Å²) in [5.74, 6) is 1.96. The molecule has 1 saturated carbocycles. The second-order valence-corrected chi connectivity index (χ2v) is 19.8. The molecule has 9 aromatic rings. The smallest absolute Gasteiger partial charge is 0.165 e. The molecule has 10 rings (SSSR count). The van der Waals surface area contributed by atoms with Gasteiger partial charge in [0.15, 0.2) is 17.5 Å². The van der Waals surface area contributed by atoms with Crippen LogP contribution >= 0.6 is 7.14 Å². The zero-order valence-electron chi connectivity index (χ0n) is 34.1.